The number of carbonyl (C=O) groups is 2. The Morgan fingerprint density at radius 3 is 2.47 bits per heavy atom. The molecule has 0 radical (unpaired) electrons. The van der Waals surface area contributed by atoms with Gasteiger partial charge in [-0.15, -0.1) is 0 Å². The predicted molar refractivity (Wildman–Crippen MR) is 69.0 cm³/mol. The summed E-state index contributed by atoms with van der Waals surface area (Å²) in [4.78, 5) is 26.7. The smallest absolute Gasteiger partial charge is 0.326 e. The van der Waals surface area contributed by atoms with E-state index in [1.165, 1.54) is 4.90 Å². The SMILES string of the molecule is CCOC1CCN(C(=O)N2CCC[C@H]2C(=O)O)CC1. The minimum atomic E-state index is -0.893. The molecular formula is C13H22N2O4. The number of carbonyl (C=O) groups excluding carboxylic acids is 1. The summed E-state index contributed by atoms with van der Waals surface area (Å²) in [5, 5.41) is 9.11. The molecule has 2 saturated heterocycles. The number of rotatable bonds is 3. The molecule has 2 rings (SSSR count). The largest absolute Gasteiger partial charge is 0.480 e. The van der Waals surface area contributed by atoms with Crippen LogP contribution in [0.1, 0.15) is 32.6 Å². The molecule has 2 aliphatic rings. The zero-order chi connectivity index (χ0) is 13.8. The van der Waals surface area contributed by atoms with Gasteiger partial charge in [-0.2, -0.15) is 0 Å². The van der Waals surface area contributed by atoms with Gasteiger partial charge in [0.05, 0.1) is 6.10 Å². The molecule has 2 aliphatic heterocycles. The first kappa shape index (κ1) is 14.1. The molecule has 1 atom stereocenters. The highest BCUT2D eigenvalue weighted by Gasteiger charge is 2.37. The fourth-order valence-electron chi connectivity index (χ4n) is 2.88. The average molecular weight is 270 g/mol. The van der Waals surface area contributed by atoms with Crippen molar-refractivity contribution in [1.82, 2.24) is 9.80 Å². The van der Waals surface area contributed by atoms with Crippen LogP contribution in [0.3, 0.4) is 0 Å². The Hall–Kier alpha value is -1.30. The number of nitrogens with zero attached hydrogens (tertiary/aromatic N) is 2. The van der Waals surface area contributed by atoms with E-state index in [0.717, 1.165) is 19.3 Å². The molecule has 0 unspecified atom stereocenters. The van der Waals surface area contributed by atoms with E-state index in [-0.39, 0.29) is 12.1 Å². The maximum Gasteiger partial charge on any atom is 0.326 e. The van der Waals surface area contributed by atoms with E-state index in [9.17, 15) is 9.59 Å². The summed E-state index contributed by atoms with van der Waals surface area (Å²) in [6.45, 7) is 4.55. The van der Waals surface area contributed by atoms with Crippen LogP contribution in [0.5, 0.6) is 0 Å². The van der Waals surface area contributed by atoms with Crippen LogP contribution in [0.2, 0.25) is 0 Å². The van der Waals surface area contributed by atoms with E-state index < -0.39 is 12.0 Å². The Kier molecular flexibility index (Phi) is 4.63. The number of piperidine rings is 1. The molecule has 2 fully saturated rings. The third-order valence-electron chi connectivity index (χ3n) is 3.90. The van der Waals surface area contributed by atoms with Gasteiger partial charge in [0.25, 0.3) is 0 Å². The molecule has 108 valence electrons. The van der Waals surface area contributed by atoms with Gasteiger partial charge in [0, 0.05) is 26.2 Å². The summed E-state index contributed by atoms with van der Waals surface area (Å²) in [6.07, 6.45) is 3.26. The Morgan fingerprint density at radius 2 is 1.89 bits per heavy atom. The first-order valence-electron chi connectivity index (χ1n) is 7.03. The standard InChI is InChI=1S/C13H22N2O4/c1-2-19-10-5-8-14(9-6-10)13(18)15-7-3-4-11(15)12(16)17/h10-11H,2-9H2,1H3,(H,16,17)/t11-/m0/s1. The van der Waals surface area contributed by atoms with E-state index in [0.29, 0.717) is 32.7 Å². The lowest BCUT2D eigenvalue weighted by Crippen LogP contribution is -2.51. The Morgan fingerprint density at radius 1 is 1.21 bits per heavy atom. The van der Waals surface area contributed by atoms with Gasteiger partial charge in [-0.3, -0.25) is 0 Å². The zero-order valence-electron chi connectivity index (χ0n) is 11.4. The highest BCUT2D eigenvalue weighted by atomic mass is 16.5. The highest BCUT2D eigenvalue weighted by Crippen LogP contribution is 2.22. The van der Waals surface area contributed by atoms with Crippen LogP contribution in [0.15, 0.2) is 0 Å². The molecule has 0 aromatic carbocycles. The molecule has 0 spiro atoms. The van der Waals surface area contributed by atoms with Gasteiger partial charge in [0.2, 0.25) is 0 Å². The summed E-state index contributed by atoms with van der Waals surface area (Å²) in [6, 6.07) is -0.767. The zero-order valence-corrected chi connectivity index (χ0v) is 11.4. The third-order valence-corrected chi connectivity index (χ3v) is 3.90. The van der Waals surface area contributed by atoms with Gasteiger partial charge in [-0.1, -0.05) is 0 Å². The molecule has 0 aromatic rings. The maximum atomic E-state index is 12.3. The lowest BCUT2D eigenvalue weighted by Gasteiger charge is -2.35. The molecule has 19 heavy (non-hydrogen) atoms. The minimum Gasteiger partial charge on any atom is -0.480 e. The second-order valence-corrected chi connectivity index (χ2v) is 5.11. The Bertz CT molecular complexity index is 340. The van der Waals surface area contributed by atoms with Gasteiger partial charge in [-0.25, -0.2) is 9.59 Å². The fourth-order valence-corrected chi connectivity index (χ4v) is 2.88. The number of aliphatic carboxylic acids is 1. The number of likely N-dealkylation sites (tertiary alicyclic amines) is 2. The van der Waals surface area contributed by atoms with Gasteiger partial charge < -0.3 is 19.6 Å². The lowest BCUT2D eigenvalue weighted by molar-refractivity contribution is -0.141. The van der Waals surface area contributed by atoms with Crippen LogP contribution in [0, 0.1) is 0 Å². The van der Waals surface area contributed by atoms with Gasteiger partial charge in [0.1, 0.15) is 6.04 Å². The van der Waals surface area contributed by atoms with Gasteiger partial charge in [-0.05, 0) is 32.6 Å². The normalized spacial score (nSPS) is 24.8. The first-order valence-corrected chi connectivity index (χ1v) is 7.03. The highest BCUT2D eigenvalue weighted by molar-refractivity contribution is 5.83. The summed E-state index contributed by atoms with van der Waals surface area (Å²) < 4.78 is 5.55. The number of carboxylic acid groups (broad SMARTS) is 1. The van der Waals surface area contributed by atoms with Crippen LogP contribution in [-0.4, -0.2) is 65.3 Å². The van der Waals surface area contributed by atoms with Crippen molar-refractivity contribution in [2.75, 3.05) is 26.2 Å². The number of hydrogen-bond donors (Lipinski definition) is 1. The number of hydrogen-bond acceptors (Lipinski definition) is 3. The molecule has 6 heteroatoms. The molecule has 0 saturated carbocycles. The molecule has 0 bridgehead atoms. The Labute approximate surface area is 113 Å². The molecule has 1 N–H and O–H groups in total. The quantitative estimate of drug-likeness (QED) is 0.835. The first-order chi connectivity index (χ1) is 9.13. The number of ether oxygens (including phenoxy) is 1. The third kappa shape index (κ3) is 3.18. The predicted octanol–water partition coefficient (Wildman–Crippen LogP) is 1.16. The van der Waals surface area contributed by atoms with Crippen molar-refractivity contribution in [3.8, 4) is 0 Å². The van der Waals surface area contributed by atoms with E-state index in [1.807, 2.05) is 6.92 Å². The second-order valence-electron chi connectivity index (χ2n) is 5.11. The summed E-state index contributed by atoms with van der Waals surface area (Å²) in [7, 11) is 0. The summed E-state index contributed by atoms with van der Waals surface area (Å²) in [5.74, 6) is -0.893. The molecule has 0 aromatic heterocycles. The van der Waals surface area contributed by atoms with Crippen molar-refractivity contribution in [3.63, 3.8) is 0 Å². The second kappa shape index (κ2) is 6.23. The van der Waals surface area contributed by atoms with Crippen molar-refractivity contribution in [2.45, 2.75) is 44.8 Å². The maximum absolute atomic E-state index is 12.3. The van der Waals surface area contributed by atoms with Crippen molar-refractivity contribution in [1.29, 1.82) is 0 Å². The van der Waals surface area contributed by atoms with Crippen LogP contribution in [-0.2, 0) is 9.53 Å². The van der Waals surface area contributed by atoms with Crippen LogP contribution in [0.4, 0.5) is 4.79 Å². The number of urea groups is 1. The minimum absolute atomic E-state index is 0.125. The van der Waals surface area contributed by atoms with Crippen molar-refractivity contribution in [2.24, 2.45) is 0 Å². The molecule has 0 aliphatic carbocycles. The van der Waals surface area contributed by atoms with Crippen LogP contribution < -0.4 is 0 Å². The van der Waals surface area contributed by atoms with E-state index in [4.69, 9.17) is 9.84 Å². The van der Waals surface area contributed by atoms with E-state index in [1.54, 1.807) is 4.90 Å². The van der Waals surface area contributed by atoms with E-state index in [2.05, 4.69) is 0 Å². The fraction of sp³-hybridized carbons (Fsp3) is 0.846. The summed E-state index contributed by atoms with van der Waals surface area (Å²) in [5.41, 5.74) is 0. The molecular weight excluding hydrogens is 248 g/mol. The monoisotopic (exact) mass is 270 g/mol. The number of amides is 2. The van der Waals surface area contributed by atoms with Crippen LogP contribution in [0.25, 0.3) is 0 Å². The molecule has 2 amide bonds. The van der Waals surface area contributed by atoms with E-state index >= 15 is 0 Å². The topological polar surface area (TPSA) is 70.1 Å². The van der Waals surface area contributed by atoms with Crippen LogP contribution >= 0.6 is 0 Å². The lowest BCUT2D eigenvalue weighted by atomic mass is 10.1. The average Bonchev–Trinajstić information content (AvgIpc) is 2.88. The summed E-state index contributed by atoms with van der Waals surface area (Å²) >= 11 is 0. The van der Waals surface area contributed by atoms with Crippen molar-refractivity contribution >= 4 is 12.0 Å². The van der Waals surface area contributed by atoms with Crippen molar-refractivity contribution < 1.29 is 19.4 Å². The van der Waals surface area contributed by atoms with Crippen molar-refractivity contribution in [3.05, 3.63) is 0 Å². The van der Waals surface area contributed by atoms with Gasteiger partial charge >= 0.3 is 12.0 Å². The van der Waals surface area contributed by atoms with Gasteiger partial charge in [0.15, 0.2) is 0 Å². The molecule has 6 nitrogen and oxygen atoms in total. The Balaban J connectivity index is 1.89. The number of carboxylic acids is 1. The molecule has 2 heterocycles.